The Morgan fingerprint density at radius 2 is 0.912 bits per heavy atom. The molecule has 194 valence electrons. The molecular formula is C30H50O4. The van der Waals surface area contributed by atoms with Gasteiger partial charge in [0.1, 0.15) is 11.2 Å². The number of hydrogen-bond donors (Lipinski definition) is 2. The smallest absolute Gasteiger partial charge is 0.115 e. The van der Waals surface area contributed by atoms with Crippen LogP contribution in [0.2, 0.25) is 0 Å². The average molecular weight is 475 g/mol. The maximum atomic E-state index is 9.27. The molecular weight excluding hydrogens is 424 g/mol. The highest BCUT2D eigenvalue weighted by molar-refractivity contribution is 5.08. The molecule has 34 heavy (non-hydrogen) atoms. The minimum atomic E-state index is -0.280. The Labute approximate surface area is 208 Å². The lowest BCUT2D eigenvalue weighted by molar-refractivity contribution is 0.184. The first-order chi connectivity index (χ1) is 16.1. The highest BCUT2D eigenvalue weighted by Crippen LogP contribution is 2.40. The van der Waals surface area contributed by atoms with Gasteiger partial charge in [0.15, 0.2) is 0 Å². The van der Waals surface area contributed by atoms with Crippen molar-refractivity contribution < 1.29 is 19.7 Å². The zero-order valence-corrected chi connectivity index (χ0v) is 22.7. The SMILES string of the molecule is C/C(=C\CC/C=C(\C)CC/C=C(\C)CC[C@@H]1O[C@@]1(C)CO)CC/C=C(\C)CC[C@@H]1O[C@@]1(C)CO. The fraction of sp³-hybridized carbons (Fsp3) is 0.733. The molecule has 4 nitrogen and oxygen atoms in total. The Balaban J connectivity index is 1.53. The lowest BCUT2D eigenvalue weighted by Gasteiger charge is -2.04. The Morgan fingerprint density at radius 1 is 0.588 bits per heavy atom. The summed E-state index contributed by atoms with van der Waals surface area (Å²) in [5.41, 5.74) is 5.25. The summed E-state index contributed by atoms with van der Waals surface area (Å²) >= 11 is 0. The summed E-state index contributed by atoms with van der Waals surface area (Å²) in [6.45, 7) is 13.1. The van der Waals surface area contributed by atoms with Crippen LogP contribution in [-0.2, 0) is 9.47 Å². The van der Waals surface area contributed by atoms with Crippen molar-refractivity contribution in [3.63, 3.8) is 0 Å². The van der Waals surface area contributed by atoms with Gasteiger partial charge < -0.3 is 19.7 Å². The first-order valence-electron chi connectivity index (χ1n) is 13.3. The van der Waals surface area contributed by atoms with Gasteiger partial charge in [-0.05, 0) is 106 Å². The van der Waals surface area contributed by atoms with Crippen LogP contribution in [-0.4, -0.2) is 46.8 Å². The van der Waals surface area contributed by atoms with Crippen molar-refractivity contribution in [1.82, 2.24) is 0 Å². The lowest BCUT2D eigenvalue weighted by Crippen LogP contribution is -2.14. The summed E-state index contributed by atoms with van der Waals surface area (Å²) in [6.07, 6.45) is 20.8. The third-order valence-corrected chi connectivity index (χ3v) is 7.52. The van der Waals surface area contributed by atoms with Crippen LogP contribution in [0, 0.1) is 0 Å². The fourth-order valence-corrected chi connectivity index (χ4v) is 4.47. The standard InChI is InChI=1S/C30H50O4/c1-23(13-9-15-25(3)17-19-27-29(5,21-31)33-27)11-7-8-12-24(2)14-10-16-26(4)18-20-28-30(6,22-32)34-28/h11-12,15-16,27-28,31-32H,7-10,13-14,17-22H2,1-6H3/b23-11+,24-12+,25-15+,26-16+/t27-,28-,29-,30-/m0/s1. The van der Waals surface area contributed by atoms with Crippen molar-refractivity contribution in [3.05, 3.63) is 46.6 Å². The largest absolute Gasteiger partial charge is 0.393 e. The molecule has 0 aliphatic carbocycles. The van der Waals surface area contributed by atoms with Crippen LogP contribution in [0.1, 0.15) is 106 Å². The quantitative estimate of drug-likeness (QED) is 0.136. The van der Waals surface area contributed by atoms with E-state index in [4.69, 9.17) is 9.47 Å². The number of hydrogen-bond acceptors (Lipinski definition) is 4. The highest BCUT2D eigenvalue weighted by atomic mass is 16.6. The van der Waals surface area contributed by atoms with Crippen LogP contribution >= 0.6 is 0 Å². The molecule has 2 heterocycles. The van der Waals surface area contributed by atoms with E-state index in [2.05, 4.69) is 52.0 Å². The van der Waals surface area contributed by atoms with E-state index in [9.17, 15) is 10.2 Å². The van der Waals surface area contributed by atoms with Crippen LogP contribution in [0.4, 0.5) is 0 Å². The van der Waals surface area contributed by atoms with Crippen LogP contribution in [0.5, 0.6) is 0 Å². The first-order valence-corrected chi connectivity index (χ1v) is 13.3. The van der Waals surface area contributed by atoms with Crippen LogP contribution in [0.25, 0.3) is 0 Å². The predicted octanol–water partition coefficient (Wildman–Crippen LogP) is 6.97. The number of ether oxygens (including phenoxy) is 2. The van der Waals surface area contributed by atoms with Gasteiger partial charge in [-0.25, -0.2) is 0 Å². The summed E-state index contributed by atoms with van der Waals surface area (Å²) in [5.74, 6) is 0. The molecule has 0 amide bonds. The Kier molecular flexibility index (Phi) is 11.8. The molecule has 0 aromatic carbocycles. The van der Waals surface area contributed by atoms with E-state index in [-0.39, 0.29) is 36.6 Å². The van der Waals surface area contributed by atoms with E-state index < -0.39 is 0 Å². The number of unbranched alkanes of at least 4 members (excludes halogenated alkanes) is 1. The summed E-state index contributed by atoms with van der Waals surface area (Å²) in [4.78, 5) is 0. The number of aliphatic hydroxyl groups is 2. The molecule has 0 saturated carbocycles. The number of allylic oxidation sites excluding steroid dienone is 8. The van der Waals surface area contributed by atoms with Crippen molar-refractivity contribution >= 4 is 0 Å². The third-order valence-electron chi connectivity index (χ3n) is 7.52. The zero-order valence-electron chi connectivity index (χ0n) is 22.7. The van der Waals surface area contributed by atoms with Crippen LogP contribution in [0.15, 0.2) is 46.6 Å². The number of rotatable bonds is 17. The second-order valence-corrected chi connectivity index (χ2v) is 11.1. The molecule has 0 spiro atoms. The van der Waals surface area contributed by atoms with Crippen LogP contribution < -0.4 is 0 Å². The predicted molar refractivity (Wildman–Crippen MR) is 142 cm³/mol. The van der Waals surface area contributed by atoms with Crippen molar-refractivity contribution in [2.75, 3.05) is 13.2 Å². The van der Waals surface area contributed by atoms with Crippen molar-refractivity contribution in [3.8, 4) is 0 Å². The van der Waals surface area contributed by atoms with Crippen molar-refractivity contribution in [1.29, 1.82) is 0 Å². The molecule has 2 aliphatic heterocycles. The highest BCUT2D eigenvalue weighted by Gasteiger charge is 2.51. The van der Waals surface area contributed by atoms with Gasteiger partial charge in [-0.15, -0.1) is 0 Å². The zero-order chi connectivity index (χ0) is 25.2. The monoisotopic (exact) mass is 474 g/mol. The molecule has 2 N–H and O–H groups in total. The maximum Gasteiger partial charge on any atom is 0.115 e. The van der Waals surface area contributed by atoms with E-state index in [1.165, 1.54) is 22.3 Å². The molecule has 2 rings (SSSR count). The third kappa shape index (κ3) is 10.2. The van der Waals surface area contributed by atoms with E-state index in [0.717, 1.165) is 64.2 Å². The average Bonchev–Trinajstić information content (AvgIpc) is 3.68. The lowest BCUT2D eigenvalue weighted by atomic mass is 10.0. The molecule has 2 fully saturated rings. The second-order valence-electron chi connectivity index (χ2n) is 11.1. The van der Waals surface area contributed by atoms with Gasteiger partial charge in [-0.3, -0.25) is 0 Å². The summed E-state index contributed by atoms with van der Waals surface area (Å²) in [6, 6.07) is 0. The molecule has 4 heteroatoms. The van der Waals surface area contributed by atoms with E-state index >= 15 is 0 Å². The second kappa shape index (κ2) is 13.8. The van der Waals surface area contributed by atoms with E-state index in [1.807, 2.05) is 13.8 Å². The van der Waals surface area contributed by atoms with Gasteiger partial charge in [-0.1, -0.05) is 46.6 Å². The topological polar surface area (TPSA) is 65.5 Å². The minimum absolute atomic E-state index is 0.124. The molecule has 0 aromatic rings. The van der Waals surface area contributed by atoms with Crippen molar-refractivity contribution in [2.45, 2.75) is 129 Å². The Hall–Kier alpha value is -1.20. The van der Waals surface area contributed by atoms with E-state index in [1.54, 1.807) is 0 Å². The van der Waals surface area contributed by atoms with Gasteiger partial charge in [-0.2, -0.15) is 0 Å². The Bertz CT molecular complexity index is 698. The number of aliphatic hydroxyl groups excluding tert-OH is 2. The van der Waals surface area contributed by atoms with Gasteiger partial charge in [0, 0.05) is 0 Å². The summed E-state index contributed by atoms with van der Waals surface area (Å²) < 4.78 is 11.1. The first kappa shape index (κ1) is 29.0. The molecule has 0 radical (unpaired) electrons. The molecule has 2 saturated heterocycles. The molecule has 0 bridgehead atoms. The van der Waals surface area contributed by atoms with E-state index in [0.29, 0.717) is 0 Å². The van der Waals surface area contributed by atoms with Gasteiger partial charge in [0.25, 0.3) is 0 Å². The van der Waals surface area contributed by atoms with Gasteiger partial charge in [0.2, 0.25) is 0 Å². The normalized spacial score (nSPS) is 30.1. The van der Waals surface area contributed by atoms with Gasteiger partial charge >= 0.3 is 0 Å². The molecule has 2 aliphatic rings. The van der Waals surface area contributed by atoms with Crippen LogP contribution in [0.3, 0.4) is 0 Å². The molecule has 4 atom stereocenters. The summed E-state index contributed by atoms with van der Waals surface area (Å²) in [5, 5.41) is 18.5. The van der Waals surface area contributed by atoms with Gasteiger partial charge in [0.05, 0.1) is 25.4 Å². The minimum Gasteiger partial charge on any atom is -0.393 e. The Morgan fingerprint density at radius 3 is 1.24 bits per heavy atom. The molecule has 0 unspecified atom stereocenters. The number of epoxide rings is 2. The summed E-state index contributed by atoms with van der Waals surface area (Å²) in [7, 11) is 0. The van der Waals surface area contributed by atoms with Crippen molar-refractivity contribution in [2.24, 2.45) is 0 Å². The maximum absolute atomic E-state index is 9.27. The fourth-order valence-electron chi connectivity index (χ4n) is 4.47. The molecule has 0 aromatic heterocycles.